The minimum absolute atomic E-state index is 0.103. The average Bonchev–Trinajstić information content (AvgIpc) is 3.04. The summed E-state index contributed by atoms with van der Waals surface area (Å²) in [5.41, 5.74) is 5.29. The van der Waals surface area contributed by atoms with Crippen LogP contribution >= 0.6 is 0 Å². The van der Waals surface area contributed by atoms with Gasteiger partial charge in [0, 0.05) is 49.9 Å². The summed E-state index contributed by atoms with van der Waals surface area (Å²) >= 11 is 0. The Morgan fingerprint density at radius 2 is 1.70 bits per heavy atom. The Kier molecular flexibility index (Phi) is 8.40. The van der Waals surface area contributed by atoms with Gasteiger partial charge in [-0.1, -0.05) is 50.2 Å². The van der Waals surface area contributed by atoms with Crippen LogP contribution in [0, 0.1) is 5.92 Å². The van der Waals surface area contributed by atoms with Gasteiger partial charge in [-0.25, -0.2) is 0 Å². The SMILES string of the molecule is CN(Cc1ccc(NC2Cc3ccccc3C2(C)C)cc1)C(=O)C1CCOCC1.FC(F)F. The number of hydrogen-bond donors (Lipinski definition) is 1. The van der Waals surface area contributed by atoms with Crippen LogP contribution in [0.15, 0.2) is 48.5 Å². The van der Waals surface area contributed by atoms with E-state index in [1.807, 2.05) is 11.9 Å². The second kappa shape index (κ2) is 11.1. The minimum atomic E-state index is -3.67. The molecular formula is C26H33F3N2O2. The lowest BCUT2D eigenvalue weighted by Crippen LogP contribution is -2.36. The van der Waals surface area contributed by atoms with Crippen molar-refractivity contribution in [3.05, 3.63) is 65.2 Å². The molecule has 0 radical (unpaired) electrons. The Balaban J connectivity index is 0.000000709. The van der Waals surface area contributed by atoms with E-state index in [9.17, 15) is 18.0 Å². The Morgan fingerprint density at radius 1 is 1.09 bits per heavy atom. The lowest BCUT2D eigenvalue weighted by Gasteiger charge is -2.30. The largest absolute Gasteiger partial charge is 0.381 e. The number of fused-ring (bicyclic) bond motifs is 1. The average molecular weight is 463 g/mol. The summed E-state index contributed by atoms with van der Waals surface area (Å²) in [5.74, 6) is 0.349. The molecule has 7 heteroatoms. The summed E-state index contributed by atoms with van der Waals surface area (Å²) in [6.45, 7) is 3.03. The molecule has 0 spiro atoms. The summed E-state index contributed by atoms with van der Waals surface area (Å²) in [4.78, 5) is 14.5. The standard InChI is InChI=1S/C25H32N2O2.CHF3/c1-25(2)22-7-5-4-6-20(22)16-23(25)26-21-10-8-18(9-11-21)17-27(3)24(28)19-12-14-29-15-13-19;2-1(3)4/h4-11,19,23,26H,12-17H2,1-3H3;1H. The fourth-order valence-corrected chi connectivity index (χ4v) is 4.74. The highest BCUT2D eigenvalue weighted by Crippen LogP contribution is 2.39. The molecule has 2 aliphatic rings. The predicted octanol–water partition coefficient (Wildman–Crippen LogP) is 5.56. The predicted molar refractivity (Wildman–Crippen MR) is 124 cm³/mol. The molecule has 2 aromatic rings. The smallest absolute Gasteiger partial charge is 0.379 e. The third-order valence-corrected chi connectivity index (χ3v) is 6.67. The lowest BCUT2D eigenvalue weighted by atomic mass is 9.83. The van der Waals surface area contributed by atoms with Crippen LogP contribution in [0.4, 0.5) is 18.9 Å². The fraction of sp³-hybridized carbons (Fsp3) is 0.500. The quantitative estimate of drug-likeness (QED) is 0.632. The highest BCUT2D eigenvalue weighted by Gasteiger charge is 2.39. The molecule has 4 nitrogen and oxygen atoms in total. The summed E-state index contributed by atoms with van der Waals surface area (Å²) < 4.78 is 34.4. The van der Waals surface area contributed by atoms with Crippen LogP contribution in [0.25, 0.3) is 0 Å². The fourth-order valence-electron chi connectivity index (χ4n) is 4.74. The molecule has 1 saturated heterocycles. The molecule has 1 aliphatic carbocycles. The van der Waals surface area contributed by atoms with Gasteiger partial charge in [-0.05, 0) is 48.1 Å². The van der Waals surface area contributed by atoms with Gasteiger partial charge in [-0.2, -0.15) is 13.2 Å². The maximum Gasteiger partial charge on any atom is 0.379 e. The number of nitrogens with one attached hydrogen (secondary N) is 1. The molecule has 1 atom stereocenters. The van der Waals surface area contributed by atoms with E-state index in [0.29, 0.717) is 25.8 Å². The van der Waals surface area contributed by atoms with Crippen LogP contribution in [0.2, 0.25) is 0 Å². The van der Waals surface area contributed by atoms with Crippen molar-refractivity contribution in [1.29, 1.82) is 0 Å². The lowest BCUT2D eigenvalue weighted by molar-refractivity contribution is -0.137. The van der Waals surface area contributed by atoms with Crippen molar-refractivity contribution in [3.63, 3.8) is 0 Å². The summed E-state index contributed by atoms with van der Waals surface area (Å²) in [5, 5.41) is 3.74. The molecule has 33 heavy (non-hydrogen) atoms. The second-order valence-corrected chi connectivity index (χ2v) is 9.31. The van der Waals surface area contributed by atoms with Crippen LogP contribution < -0.4 is 5.32 Å². The van der Waals surface area contributed by atoms with Gasteiger partial charge in [-0.15, -0.1) is 0 Å². The number of alkyl halides is 3. The number of carbonyl (C=O) groups is 1. The van der Waals surface area contributed by atoms with Crippen LogP contribution in [0.3, 0.4) is 0 Å². The van der Waals surface area contributed by atoms with Gasteiger partial charge in [0.15, 0.2) is 0 Å². The first-order chi connectivity index (χ1) is 15.7. The number of nitrogens with zero attached hydrogens (tertiary/aromatic N) is 1. The van der Waals surface area contributed by atoms with Crippen molar-refractivity contribution in [2.75, 3.05) is 25.6 Å². The number of halogens is 3. The molecule has 1 aliphatic heterocycles. The van der Waals surface area contributed by atoms with Crippen LogP contribution in [-0.4, -0.2) is 43.8 Å². The zero-order valence-corrected chi connectivity index (χ0v) is 19.5. The first-order valence-electron chi connectivity index (χ1n) is 11.4. The molecule has 1 fully saturated rings. The first kappa shape index (κ1) is 25.1. The molecule has 0 bridgehead atoms. The van der Waals surface area contributed by atoms with Crippen LogP contribution in [0.5, 0.6) is 0 Å². The van der Waals surface area contributed by atoms with Gasteiger partial charge in [0.05, 0.1) is 0 Å². The van der Waals surface area contributed by atoms with Crippen molar-refractivity contribution in [2.45, 2.75) is 57.8 Å². The van der Waals surface area contributed by atoms with Gasteiger partial charge in [-0.3, -0.25) is 4.79 Å². The topological polar surface area (TPSA) is 41.6 Å². The number of benzene rings is 2. The van der Waals surface area contributed by atoms with Gasteiger partial charge in [0.25, 0.3) is 0 Å². The van der Waals surface area contributed by atoms with Crippen molar-refractivity contribution in [2.24, 2.45) is 5.92 Å². The molecule has 0 saturated carbocycles. The van der Waals surface area contributed by atoms with Crippen LogP contribution in [0.1, 0.15) is 43.4 Å². The Morgan fingerprint density at radius 3 is 2.30 bits per heavy atom. The Bertz CT molecular complexity index is 909. The molecular weight excluding hydrogens is 429 g/mol. The number of hydrogen-bond acceptors (Lipinski definition) is 3. The van der Waals surface area contributed by atoms with E-state index in [0.717, 1.165) is 30.5 Å². The molecule has 1 N–H and O–H groups in total. The van der Waals surface area contributed by atoms with Crippen molar-refractivity contribution in [1.82, 2.24) is 4.90 Å². The number of anilines is 1. The van der Waals surface area contributed by atoms with E-state index >= 15 is 0 Å². The molecule has 1 amide bonds. The Labute approximate surface area is 194 Å². The van der Waals surface area contributed by atoms with E-state index in [4.69, 9.17) is 4.74 Å². The maximum atomic E-state index is 12.6. The van der Waals surface area contributed by atoms with Crippen molar-refractivity contribution >= 4 is 11.6 Å². The third kappa shape index (κ3) is 6.50. The summed E-state index contributed by atoms with van der Waals surface area (Å²) in [6, 6.07) is 17.7. The van der Waals surface area contributed by atoms with Crippen LogP contribution in [-0.2, 0) is 27.9 Å². The van der Waals surface area contributed by atoms with E-state index in [-0.39, 0.29) is 17.2 Å². The Hall–Kier alpha value is -2.54. The van der Waals surface area contributed by atoms with Crippen molar-refractivity contribution in [3.8, 4) is 0 Å². The molecule has 2 aromatic carbocycles. The number of ether oxygens (including phenoxy) is 1. The van der Waals surface area contributed by atoms with Gasteiger partial charge >= 0.3 is 6.68 Å². The third-order valence-electron chi connectivity index (χ3n) is 6.67. The zero-order chi connectivity index (χ0) is 24.0. The highest BCUT2D eigenvalue weighted by molar-refractivity contribution is 5.78. The van der Waals surface area contributed by atoms with Gasteiger partial charge in [0.1, 0.15) is 0 Å². The van der Waals surface area contributed by atoms with Gasteiger partial charge in [0.2, 0.25) is 5.91 Å². The van der Waals surface area contributed by atoms with E-state index < -0.39 is 6.68 Å². The molecule has 1 unspecified atom stereocenters. The van der Waals surface area contributed by atoms with E-state index in [1.54, 1.807) is 0 Å². The molecule has 180 valence electrons. The molecule has 0 aromatic heterocycles. The first-order valence-corrected chi connectivity index (χ1v) is 11.4. The number of rotatable bonds is 5. The number of carbonyl (C=O) groups excluding carboxylic acids is 1. The molecule has 4 rings (SSSR count). The second-order valence-electron chi connectivity index (χ2n) is 9.31. The zero-order valence-electron chi connectivity index (χ0n) is 19.5. The monoisotopic (exact) mass is 462 g/mol. The normalized spacial score (nSPS) is 19.4. The summed E-state index contributed by atoms with van der Waals surface area (Å²) in [7, 11) is 1.90. The summed E-state index contributed by atoms with van der Waals surface area (Å²) in [6.07, 6.45) is 2.73. The minimum Gasteiger partial charge on any atom is -0.381 e. The van der Waals surface area contributed by atoms with Gasteiger partial charge < -0.3 is 15.0 Å². The van der Waals surface area contributed by atoms with E-state index in [2.05, 4.69) is 67.7 Å². The van der Waals surface area contributed by atoms with Crippen molar-refractivity contribution < 1.29 is 22.7 Å². The highest BCUT2D eigenvalue weighted by atomic mass is 19.4. The maximum absolute atomic E-state index is 12.6. The van der Waals surface area contributed by atoms with E-state index in [1.165, 1.54) is 11.1 Å². The number of amides is 1. The molecule has 1 heterocycles.